The number of nitrogens with one attached hydrogen (secondary N) is 1. The Labute approximate surface area is 150 Å². The second-order valence-corrected chi connectivity index (χ2v) is 9.09. The predicted molar refractivity (Wildman–Crippen MR) is 100 cm³/mol. The molecule has 0 unspecified atom stereocenters. The van der Waals surface area contributed by atoms with Crippen LogP contribution in [0.25, 0.3) is 0 Å². The van der Waals surface area contributed by atoms with Crippen LogP contribution in [0.5, 0.6) is 0 Å². The Balaban J connectivity index is 1.59. The van der Waals surface area contributed by atoms with Crippen molar-refractivity contribution >= 4 is 27.3 Å². The molecule has 25 heavy (non-hydrogen) atoms. The molecule has 0 bridgehead atoms. The van der Waals surface area contributed by atoms with E-state index in [0.29, 0.717) is 6.54 Å². The van der Waals surface area contributed by atoms with Crippen LogP contribution in [0.1, 0.15) is 32.6 Å². The SMILES string of the molecule is CCS(=O)(=O)N1CCC[C@@H](C(=O)Nc2ccc(N3CCCC3)cc2)C1. The molecule has 2 heterocycles. The van der Waals surface area contributed by atoms with Gasteiger partial charge in [-0.05, 0) is 56.9 Å². The second-order valence-electron chi connectivity index (χ2n) is 6.83. The number of sulfonamides is 1. The minimum absolute atomic E-state index is 0.0826. The van der Waals surface area contributed by atoms with E-state index >= 15 is 0 Å². The van der Waals surface area contributed by atoms with E-state index in [9.17, 15) is 13.2 Å². The fourth-order valence-corrected chi connectivity index (χ4v) is 4.75. The zero-order valence-electron chi connectivity index (χ0n) is 14.8. The number of anilines is 2. The number of carbonyl (C=O) groups excluding carboxylic acids is 1. The van der Waals surface area contributed by atoms with Crippen molar-refractivity contribution in [2.24, 2.45) is 5.92 Å². The first-order valence-electron chi connectivity index (χ1n) is 9.13. The van der Waals surface area contributed by atoms with Crippen LogP contribution in [0.3, 0.4) is 0 Å². The lowest BCUT2D eigenvalue weighted by molar-refractivity contribution is -0.120. The summed E-state index contributed by atoms with van der Waals surface area (Å²) in [6, 6.07) is 7.93. The topological polar surface area (TPSA) is 69.7 Å². The number of benzene rings is 1. The van der Waals surface area contributed by atoms with Crippen molar-refractivity contribution in [1.82, 2.24) is 4.31 Å². The number of rotatable bonds is 5. The summed E-state index contributed by atoms with van der Waals surface area (Å²) >= 11 is 0. The minimum Gasteiger partial charge on any atom is -0.372 e. The molecule has 1 atom stereocenters. The van der Waals surface area contributed by atoms with Crippen molar-refractivity contribution in [3.8, 4) is 0 Å². The monoisotopic (exact) mass is 365 g/mol. The van der Waals surface area contributed by atoms with Crippen molar-refractivity contribution in [2.75, 3.05) is 42.1 Å². The van der Waals surface area contributed by atoms with Gasteiger partial charge >= 0.3 is 0 Å². The van der Waals surface area contributed by atoms with Crippen LogP contribution in [0, 0.1) is 5.92 Å². The second kappa shape index (κ2) is 7.74. The summed E-state index contributed by atoms with van der Waals surface area (Å²) in [5, 5.41) is 2.94. The van der Waals surface area contributed by atoms with Gasteiger partial charge in [0.25, 0.3) is 0 Å². The molecule has 3 rings (SSSR count). The summed E-state index contributed by atoms with van der Waals surface area (Å²) in [6.07, 6.45) is 3.92. The Morgan fingerprint density at radius 3 is 2.44 bits per heavy atom. The van der Waals surface area contributed by atoms with Gasteiger partial charge in [0, 0.05) is 37.6 Å². The Kier molecular flexibility index (Phi) is 5.64. The molecule has 1 N–H and O–H groups in total. The molecule has 0 aromatic heterocycles. The molecule has 1 aromatic carbocycles. The highest BCUT2D eigenvalue weighted by Gasteiger charge is 2.31. The fourth-order valence-electron chi connectivity index (χ4n) is 3.57. The van der Waals surface area contributed by atoms with E-state index < -0.39 is 10.0 Å². The van der Waals surface area contributed by atoms with Gasteiger partial charge in [-0.15, -0.1) is 0 Å². The van der Waals surface area contributed by atoms with E-state index in [2.05, 4.69) is 10.2 Å². The molecular formula is C18H27N3O3S. The summed E-state index contributed by atoms with van der Waals surface area (Å²) in [4.78, 5) is 14.9. The highest BCUT2D eigenvalue weighted by Crippen LogP contribution is 2.24. The molecule has 6 nitrogen and oxygen atoms in total. The molecule has 1 amide bonds. The molecule has 2 aliphatic rings. The van der Waals surface area contributed by atoms with Crippen LogP contribution in [0.15, 0.2) is 24.3 Å². The zero-order chi connectivity index (χ0) is 17.9. The molecule has 7 heteroatoms. The number of hydrogen-bond acceptors (Lipinski definition) is 4. The van der Waals surface area contributed by atoms with Crippen molar-refractivity contribution in [2.45, 2.75) is 32.6 Å². The van der Waals surface area contributed by atoms with Crippen LogP contribution >= 0.6 is 0 Å². The van der Waals surface area contributed by atoms with Crippen LogP contribution < -0.4 is 10.2 Å². The van der Waals surface area contributed by atoms with E-state index in [1.165, 1.54) is 22.8 Å². The van der Waals surface area contributed by atoms with Crippen LogP contribution in [-0.4, -0.2) is 50.6 Å². The van der Waals surface area contributed by atoms with Crippen LogP contribution in [0.2, 0.25) is 0 Å². The lowest BCUT2D eigenvalue weighted by Crippen LogP contribution is -2.44. The summed E-state index contributed by atoms with van der Waals surface area (Å²) in [5.41, 5.74) is 1.96. The Hall–Kier alpha value is -1.60. The number of nitrogens with zero attached hydrogens (tertiary/aromatic N) is 2. The highest BCUT2D eigenvalue weighted by atomic mass is 32.2. The first-order chi connectivity index (χ1) is 12.0. The van der Waals surface area contributed by atoms with Gasteiger partial charge < -0.3 is 10.2 Å². The van der Waals surface area contributed by atoms with Gasteiger partial charge in [-0.1, -0.05) is 0 Å². The third kappa shape index (κ3) is 4.33. The Morgan fingerprint density at radius 2 is 1.80 bits per heavy atom. The number of hydrogen-bond donors (Lipinski definition) is 1. The number of carbonyl (C=O) groups is 1. The molecular weight excluding hydrogens is 338 g/mol. The lowest BCUT2D eigenvalue weighted by Gasteiger charge is -2.30. The van der Waals surface area contributed by atoms with Crippen molar-refractivity contribution < 1.29 is 13.2 Å². The zero-order valence-corrected chi connectivity index (χ0v) is 15.6. The van der Waals surface area contributed by atoms with Crippen LogP contribution in [-0.2, 0) is 14.8 Å². The highest BCUT2D eigenvalue weighted by molar-refractivity contribution is 7.89. The molecule has 1 aromatic rings. The number of amides is 1. The van der Waals surface area contributed by atoms with E-state index in [1.807, 2.05) is 24.3 Å². The maximum absolute atomic E-state index is 12.5. The molecule has 0 spiro atoms. The summed E-state index contributed by atoms with van der Waals surface area (Å²) < 4.78 is 25.5. The molecule has 0 aliphatic carbocycles. The predicted octanol–water partition coefficient (Wildman–Crippen LogP) is 2.29. The largest absolute Gasteiger partial charge is 0.372 e. The van der Waals surface area contributed by atoms with Gasteiger partial charge in [0.15, 0.2) is 0 Å². The van der Waals surface area contributed by atoms with E-state index in [0.717, 1.165) is 31.6 Å². The maximum atomic E-state index is 12.5. The standard InChI is InChI=1S/C18H27N3O3S/c1-2-25(23,24)21-13-5-6-15(14-21)18(22)19-16-7-9-17(10-8-16)20-11-3-4-12-20/h7-10,15H,2-6,11-14H2,1H3,(H,19,22)/t15-/m1/s1. The number of piperidine rings is 1. The van der Waals surface area contributed by atoms with Crippen molar-refractivity contribution in [1.29, 1.82) is 0 Å². The molecule has 138 valence electrons. The summed E-state index contributed by atoms with van der Waals surface area (Å²) in [7, 11) is -3.23. The molecule has 2 saturated heterocycles. The van der Waals surface area contributed by atoms with E-state index in [-0.39, 0.29) is 24.1 Å². The normalized spacial score (nSPS) is 22.1. The molecule has 0 radical (unpaired) electrons. The third-order valence-corrected chi connectivity index (χ3v) is 6.97. The smallest absolute Gasteiger partial charge is 0.228 e. The fraction of sp³-hybridized carbons (Fsp3) is 0.611. The first-order valence-corrected chi connectivity index (χ1v) is 10.7. The van der Waals surface area contributed by atoms with Gasteiger partial charge in [0.2, 0.25) is 15.9 Å². The van der Waals surface area contributed by atoms with Gasteiger partial charge in [-0.2, -0.15) is 0 Å². The Morgan fingerprint density at radius 1 is 1.12 bits per heavy atom. The van der Waals surface area contributed by atoms with E-state index in [1.54, 1.807) is 6.92 Å². The van der Waals surface area contributed by atoms with E-state index in [4.69, 9.17) is 0 Å². The van der Waals surface area contributed by atoms with Gasteiger partial charge in [0.1, 0.15) is 0 Å². The maximum Gasteiger partial charge on any atom is 0.228 e. The molecule has 0 saturated carbocycles. The third-order valence-electron chi connectivity index (χ3n) is 5.12. The van der Waals surface area contributed by atoms with Crippen LogP contribution in [0.4, 0.5) is 11.4 Å². The summed E-state index contributed by atoms with van der Waals surface area (Å²) in [6.45, 7) is 4.63. The summed E-state index contributed by atoms with van der Waals surface area (Å²) in [5.74, 6) is -0.294. The Bertz CT molecular complexity index is 697. The molecule has 2 aliphatic heterocycles. The quantitative estimate of drug-likeness (QED) is 0.869. The van der Waals surface area contributed by atoms with Gasteiger partial charge in [-0.25, -0.2) is 12.7 Å². The molecule has 2 fully saturated rings. The average Bonchev–Trinajstić information content (AvgIpc) is 3.17. The van der Waals surface area contributed by atoms with Crippen molar-refractivity contribution in [3.05, 3.63) is 24.3 Å². The lowest BCUT2D eigenvalue weighted by atomic mass is 9.98. The van der Waals surface area contributed by atoms with Gasteiger partial charge in [0.05, 0.1) is 11.7 Å². The van der Waals surface area contributed by atoms with Gasteiger partial charge in [-0.3, -0.25) is 4.79 Å². The first kappa shape index (κ1) is 18.2. The van der Waals surface area contributed by atoms with Crippen molar-refractivity contribution in [3.63, 3.8) is 0 Å². The average molecular weight is 365 g/mol. The minimum atomic E-state index is -3.23.